The summed E-state index contributed by atoms with van der Waals surface area (Å²) in [6.45, 7) is 0. The van der Waals surface area contributed by atoms with Crippen LogP contribution in [0.25, 0.3) is 0 Å². The molecular weight excluding hydrogens is 332 g/mol. The molecule has 0 fully saturated rings. The molecule has 0 aromatic heterocycles. The minimum Gasteiger partial charge on any atom is -0.496 e. The maximum atomic E-state index is 13.1. The molecule has 0 heterocycles. The second-order valence-electron chi connectivity index (χ2n) is 4.53. The summed E-state index contributed by atoms with van der Waals surface area (Å²) in [4.78, 5) is 11.3. The first-order valence-corrected chi connectivity index (χ1v) is 6.10. The largest absolute Gasteiger partial charge is 0.496 e. The van der Waals surface area contributed by atoms with Crippen LogP contribution >= 0.6 is 0 Å². The number of alkyl halides is 6. The summed E-state index contributed by atoms with van der Waals surface area (Å²) < 4.78 is 86.4. The molecule has 0 saturated heterocycles. The third-order valence-corrected chi connectivity index (χ3v) is 2.99. The third kappa shape index (κ3) is 4.50. The van der Waals surface area contributed by atoms with Crippen LogP contribution in [0.15, 0.2) is 12.1 Å². The van der Waals surface area contributed by atoms with E-state index in [1.54, 1.807) is 0 Å². The van der Waals surface area contributed by atoms with Gasteiger partial charge in [0.05, 0.1) is 25.3 Å². The van der Waals surface area contributed by atoms with Gasteiger partial charge in [-0.05, 0) is 12.1 Å². The van der Waals surface area contributed by atoms with Crippen LogP contribution in [0.3, 0.4) is 0 Å². The number of ether oxygens (including phenoxy) is 2. The number of halogens is 6. The molecule has 0 saturated carbocycles. The second kappa shape index (κ2) is 6.65. The van der Waals surface area contributed by atoms with Gasteiger partial charge in [-0.25, -0.2) is 0 Å². The molecule has 0 amide bonds. The second-order valence-corrected chi connectivity index (χ2v) is 4.53. The topological polar surface area (TPSA) is 61.5 Å². The van der Waals surface area contributed by atoms with Crippen molar-refractivity contribution in [3.05, 3.63) is 28.8 Å². The van der Waals surface area contributed by atoms with E-state index >= 15 is 0 Å². The fraction of sp³-hybridized carbons (Fsp3) is 0.462. The highest BCUT2D eigenvalue weighted by molar-refractivity contribution is 5.76. The summed E-state index contributed by atoms with van der Waals surface area (Å²) in [5, 5.41) is 0. The van der Waals surface area contributed by atoms with E-state index in [1.165, 1.54) is 0 Å². The van der Waals surface area contributed by atoms with E-state index in [4.69, 9.17) is 5.73 Å². The quantitative estimate of drug-likeness (QED) is 0.673. The lowest BCUT2D eigenvalue weighted by Gasteiger charge is -2.20. The summed E-state index contributed by atoms with van der Waals surface area (Å²) in [6, 6.07) is -1.09. The molecule has 23 heavy (non-hydrogen) atoms. The Bertz CT molecular complexity index is 582. The first-order valence-electron chi connectivity index (χ1n) is 6.10. The predicted octanol–water partition coefficient (Wildman–Crippen LogP) is 2.78. The lowest BCUT2D eigenvalue weighted by molar-refractivity contribution is -0.145. The number of benzene rings is 1. The van der Waals surface area contributed by atoms with Gasteiger partial charge >= 0.3 is 18.3 Å². The van der Waals surface area contributed by atoms with Crippen LogP contribution in [-0.2, 0) is 28.3 Å². The predicted molar refractivity (Wildman–Crippen MR) is 66.7 cm³/mol. The molecule has 130 valence electrons. The number of esters is 1. The number of carbonyl (C=O) groups excluding carboxylic acids is 1. The zero-order valence-corrected chi connectivity index (χ0v) is 12.0. The Morgan fingerprint density at radius 1 is 1.13 bits per heavy atom. The summed E-state index contributed by atoms with van der Waals surface area (Å²) in [7, 11) is 1.90. The third-order valence-electron chi connectivity index (χ3n) is 2.99. The SMILES string of the molecule is COC(=O)C(N)Cc1c(OC)cc(C(F)(F)F)cc1C(F)(F)F. The average molecular weight is 345 g/mol. The fourth-order valence-electron chi connectivity index (χ4n) is 1.91. The van der Waals surface area contributed by atoms with Crippen LogP contribution in [0, 0.1) is 0 Å². The zero-order valence-electron chi connectivity index (χ0n) is 12.0. The van der Waals surface area contributed by atoms with Gasteiger partial charge in [-0.2, -0.15) is 26.3 Å². The Hall–Kier alpha value is -1.97. The van der Waals surface area contributed by atoms with Crippen molar-refractivity contribution >= 4 is 5.97 Å². The molecule has 1 atom stereocenters. The van der Waals surface area contributed by atoms with Crippen molar-refractivity contribution in [2.45, 2.75) is 24.8 Å². The standard InChI is InChI=1S/C13H13F6NO3/c1-22-10-4-6(12(14,15)16)3-8(13(17,18)19)7(10)5-9(20)11(21)23-2/h3-4,9H,5,20H2,1-2H3. The van der Waals surface area contributed by atoms with Gasteiger partial charge < -0.3 is 15.2 Å². The zero-order chi connectivity index (χ0) is 18.0. The Morgan fingerprint density at radius 2 is 1.70 bits per heavy atom. The molecule has 1 aromatic carbocycles. The van der Waals surface area contributed by atoms with Crippen molar-refractivity contribution in [2.24, 2.45) is 5.73 Å². The van der Waals surface area contributed by atoms with Gasteiger partial charge in [-0.15, -0.1) is 0 Å². The normalized spacial score (nSPS) is 13.6. The van der Waals surface area contributed by atoms with E-state index in [2.05, 4.69) is 9.47 Å². The lowest BCUT2D eigenvalue weighted by Crippen LogP contribution is -2.34. The first-order chi connectivity index (χ1) is 10.4. The van der Waals surface area contributed by atoms with Crippen LogP contribution in [-0.4, -0.2) is 26.2 Å². The van der Waals surface area contributed by atoms with Gasteiger partial charge in [0.15, 0.2) is 0 Å². The molecule has 0 aliphatic heterocycles. The Kier molecular flexibility index (Phi) is 5.51. The molecule has 1 rings (SSSR count). The van der Waals surface area contributed by atoms with Gasteiger partial charge in [0.1, 0.15) is 11.8 Å². The minimum absolute atomic E-state index is 0.0398. The molecule has 4 nitrogen and oxygen atoms in total. The smallest absolute Gasteiger partial charge is 0.416 e. The summed E-state index contributed by atoms with van der Waals surface area (Å²) in [5.74, 6) is -1.66. The summed E-state index contributed by atoms with van der Waals surface area (Å²) in [5.41, 5.74) is 1.67. The van der Waals surface area contributed by atoms with Gasteiger partial charge in [0.2, 0.25) is 0 Å². The monoisotopic (exact) mass is 345 g/mol. The highest BCUT2D eigenvalue weighted by Crippen LogP contribution is 2.41. The number of hydrogen-bond donors (Lipinski definition) is 1. The van der Waals surface area contributed by atoms with E-state index < -0.39 is 53.2 Å². The van der Waals surface area contributed by atoms with E-state index in [0.29, 0.717) is 6.07 Å². The highest BCUT2D eigenvalue weighted by atomic mass is 19.4. The van der Waals surface area contributed by atoms with Crippen molar-refractivity contribution in [1.29, 1.82) is 0 Å². The lowest BCUT2D eigenvalue weighted by atomic mass is 9.96. The molecular formula is C13H13F6NO3. The van der Waals surface area contributed by atoms with E-state index in [1.807, 2.05) is 0 Å². The van der Waals surface area contributed by atoms with Crippen molar-refractivity contribution in [1.82, 2.24) is 0 Å². The molecule has 10 heteroatoms. The van der Waals surface area contributed by atoms with Crippen molar-refractivity contribution in [3.63, 3.8) is 0 Å². The van der Waals surface area contributed by atoms with E-state index in [9.17, 15) is 31.1 Å². The molecule has 0 aliphatic rings. The van der Waals surface area contributed by atoms with Crippen molar-refractivity contribution < 1.29 is 40.6 Å². The van der Waals surface area contributed by atoms with Gasteiger partial charge in [-0.1, -0.05) is 0 Å². The van der Waals surface area contributed by atoms with Gasteiger partial charge in [0, 0.05) is 12.0 Å². The first kappa shape index (κ1) is 19.1. The number of carbonyl (C=O) groups is 1. The van der Waals surface area contributed by atoms with Crippen LogP contribution in [0.4, 0.5) is 26.3 Å². The Morgan fingerprint density at radius 3 is 2.09 bits per heavy atom. The summed E-state index contributed by atoms with van der Waals surface area (Å²) in [6.07, 6.45) is -10.8. The fourth-order valence-corrected chi connectivity index (χ4v) is 1.91. The van der Waals surface area contributed by atoms with Gasteiger partial charge in [0.25, 0.3) is 0 Å². The van der Waals surface area contributed by atoms with E-state index in [-0.39, 0.29) is 6.07 Å². The Labute approximate surface area is 127 Å². The maximum absolute atomic E-state index is 13.1. The average Bonchev–Trinajstić information content (AvgIpc) is 2.43. The molecule has 0 bridgehead atoms. The Balaban J connectivity index is 3.51. The van der Waals surface area contributed by atoms with Crippen molar-refractivity contribution in [2.75, 3.05) is 14.2 Å². The maximum Gasteiger partial charge on any atom is 0.416 e. The molecule has 1 unspecified atom stereocenters. The van der Waals surface area contributed by atoms with Crippen LogP contribution < -0.4 is 10.5 Å². The van der Waals surface area contributed by atoms with E-state index in [0.717, 1.165) is 14.2 Å². The summed E-state index contributed by atoms with van der Waals surface area (Å²) >= 11 is 0. The van der Waals surface area contributed by atoms with Crippen LogP contribution in [0.1, 0.15) is 16.7 Å². The number of rotatable bonds is 4. The number of nitrogens with two attached hydrogens (primary N) is 1. The number of methoxy groups -OCH3 is 2. The van der Waals surface area contributed by atoms with Gasteiger partial charge in [-0.3, -0.25) is 4.79 Å². The molecule has 1 aromatic rings. The molecule has 2 N–H and O–H groups in total. The minimum atomic E-state index is -5.08. The highest BCUT2D eigenvalue weighted by Gasteiger charge is 2.40. The molecule has 0 radical (unpaired) electrons. The number of hydrogen-bond acceptors (Lipinski definition) is 4. The van der Waals surface area contributed by atoms with Crippen LogP contribution in [0.2, 0.25) is 0 Å². The molecule has 0 aliphatic carbocycles. The van der Waals surface area contributed by atoms with Crippen LogP contribution in [0.5, 0.6) is 5.75 Å². The van der Waals surface area contributed by atoms with Crippen molar-refractivity contribution in [3.8, 4) is 5.75 Å². The molecule has 0 spiro atoms.